The van der Waals surface area contributed by atoms with Gasteiger partial charge in [-0.05, 0) is 50.2 Å². The van der Waals surface area contributed by atoms with Gasteiger partial charge in [0.25, 0.3) is 0 Å². The highest BCUT2D eigenvalue weighted by molar-refractivity contribution is 5.88. The number of furan rings is 1. The summed E-state index contributed by atoms with van der Waals surface area (Å²) in [6.45, 7) is 2.59. The number of likely N-dealkylation sites (tertiary alicyclic amines) is 1. The second-order valence-electron chi connectivity index (χ2n) is 5.70. The fourth-order valence-electron chi connectivity index (χ4n) is 2.92. The van der Waals surface area contributed by atoms with Crippen molar-refractivity contribution in [2.24, 2.45) is 0 Å². The van der Waals surface area contributed by atoms with Gasteiger partial charge in [-0.1, -0.05) is 6.42 Å². The molecule has 2 aromatic heterocycles. The molecule has 0 spiro atoms. The van der Waals surface area contributed by atoms with Crippen molar-refractivity contribution in [2.75, 3.05) is 25.0 Å². The van der Waals surface area contributed by atoms with Crippen molar-refractivity contribution in [3.05, 3.63) is 48.7 Å². The van der Waals surface area contributed by atoms with E-state index in [0.717, 1.165) is 18.8 Å². The molecule has 1 aliphatic rings. The van der Waals surface area contributed by atoms with E-state index in [-0.39, 0.29) is 12.1 Å². The van der Waals surface area contributed by atoms with Crippen LogP contribution in [0.25, 0.3) is 0 Å². The topological polar surface area (TPSA) is 70.4 Å². The maximum atomic E-state index is 12.1. The Balaban J connectivity index is 1.59. The Morgan fingerprint density at radius 3 is 2.83 bits per heavy atom. The molecule has 23 heavy (non-hydrogen) atoms. The lowest BCUT2D eigenvalue weighted by atomic mass is 10.1. The number of hydrogen-bond donors (Lipinski definition) is 2. The minimum Gasteiger partial charge on any atom is -0.468 e. The molecule has 0 aliphatic carbocycles. The second-order valence-corrected chi connectivity index (χ2v) is 5.70. The molecule has 2 aromatic rings. The third-order valence-electron chi connectivity index (χ3n) is 4.08. The number of urea groups is 1. The minimum absolute atomic E-state index is 0.0740. The van der Waals surface area contributed by atoms with Crippen molar-refractivity contribution in [3.63, 3.8) is 0 Å². The first kappa shape index (κ1) is 15.6. The molecule has 3 rings (SSSR count). The third kappa shape index (κ3) is 4.32. The molecule has 0 radical (unpaired) electrons. The standard InChI is InChI=1S/C17H22N4O2/c22-17(20-14-6-4-8-18-12-14)19-13-15(16-7-5-11-23-16)21-9-2-1-3-10-21/h4-8,11-12,15H,1-3,9-10,13H2,(H2,19,20,22)/t15-/m1/s1. The van der Waals surface area contributed by atoms with Crippen molar-refractivity contribution in [2.45, 2.75) is 25.3 Å². The lowest BCUT2D eigenvalue weighted by Crippen LogP contribution is -2.41. The fourth-order valence-corrected chi connectivity index (χ4v) is 2.92. The van der Waals surface area contributed by atoms with Crippen LogP contribution >= 0.6 is 0 Å². The predicted octanol–water partition coefficient (Wildman–Crippen LogP) is 3.02. The number of rotatable bonds is 5. The normalized spacial score (nSPS) is 16.7. The molecule has 6 nitrogen and oxygen atoms in total. The number of amides is 2. The number of nitrogens with one attached hydrogen (secondary N) is 2. The fraction of sp³-hybridized carbons (Fsp3) is 0.412. The zero-order chi connectivity index (χ0) is 15.9. The number of carbonyl (C=O) groups is 1. The summed E-state index contributed by atoms with van der Waals surface area (Å²) in [6, 6.07) is 7.30. The van der Waals surface area contributed by atoms with Crippen molar-refractivity contribution in [1.29, 1.82) is 0 Å². The van der Waals surface area contributed by atoms with E-state index < -0.39 is 0 Å². The van der Waals surface area contributed by atoms with E-state index >= 15 is 0 Å². The summed E-state index contributed by atoms with van der Waals surface area (Å²) in [4.78, 5) is 18.4. The molecule has 0 aromatic carbocycles. The average molecular weight is 314 g/mol. The number of pyridine rings is 1. The summed E-state index contributed by atoms with van der Waals surface area (Å²) in [5, 5.41) is 5.72. The van der Waals surface area contributed by atoms with Crippen LogP contribution in [0.1, 0.15) is 31.1 Å². The van der Waals surface area contributed by atoms with Crippen molar-refractivity contribution >= 4 is 11.7 Å². The molecule has 2 N–H and O–H groups in total. The highest BCUT2D eigenvalue weighted by Gasteiger charge is 2.24. The van der Waals surface area contributed by atoms with Gasteiger partial charge >= 0.3 is 6.03 Å². The van der Waals surface area contributed by atoms with E-state index in [0.29, 0.717) is 12.2 Å². The molecule has 0 saturated carbocycles. The highest BCUT2D eigenvalue weighted by atomic mass is 16.3. The summed E-state index contributed by atoms with van der Waals surface area (Å²) in [5.74, 6) is 0.897. The molecule has 0 bridgehead atoms. The molecule has 1 saturated heterocycles. The van der Waals surface area contributed by atoms with Crippen LogP contribution in [0.15, 0.2) is 47.3 Å². The van der Waals surface area contributed by atoms with E-state index in [9.17, 15) is 4.79 Å². The van der Waals surface area contributed by atoms with Gasteiger partial charge in [0.05, 0.1) is 24.2 Å². The summed E-state index contributed by atoms with van der Waals surface area (Å²) in [5.41, 5.74) is 0.678. The number of hydrogen-bond acceptors (Lipinski definition) is 4. The number of nitrogens with zero attached hydrogens (tertiary/aromatic N) is 2. The van der Waals surface area contributed by atoms with Crippen LogP contribution in [0.3, 0.4) is 0 Å². The Hall–Kier alpha value is -2.34. The molecule has 122 valence electrons. The first-order valence-electron chi connectivity index (χ1n) is 8.05. The second kappa shape index (κ2) is 7.78. The molecular weight excluding hydrogens is 292 g/mol. The summed E-state index contributed by atoms with van der Waals surface area (Å²) in [6.07, 6.45) is 8.64. The third-order valence-corrected chi connectivity index (χ3v) is 4.08. The Morgan fingerprint density at radius 2 is 2.13 bits per heavy atom. The smallest absolute Gasteiger partial charge is 0.319 e. The number of carbonyl (C=O) groups excluding carboxylic acids is 1. The van der Waals surface area contributed by atoms with Gasteiger partial charge in [-0.2, -0.15) is 0 Å². The largest absolute Gasteiger partial charge is 0.468 e. The van der Waals surface area contributed by atoms with Crippen LogP contribution in [-0.2, 0) is 0 Å². The van der Waals surface area contributed by atoms with Crippen LogP contribution in [-0.4, -0.2) is 35.5 Å². The van der Waals surface area contributed by atoms with E-state index in [4.69, 9.17) is 4.42 Å². The number of aromatic nitrogens is 1. The average Bonchev–Trinajstić information content (AvgIpc) is 3.11. The summed E-state index contributed by atoms with van der Waals surface area (Å²) in [7, 11) is 0. The first-order chi connectivity index (χ1) is 11.3. The summed E-state index contributed by atoms with van der Waals surface area (Å²) < 4.78 is 5.58. The molecule has 1 aliphatic heterocycles. The molecule has 6 heteroatoms. The van der Waals surface area contributed by atoms with E-state index in [1.54, 1.807) is 30.8 Å². The maximum Gasteiger partial charge on any atom is 0.319 e. The van der Waals surface area contributed by atoms with E-state index in [2.05, 4.69) is 20.5 Å². The van der Waals surface area contributed by atoms with Crippen LogP contribution in [0, 0.1) is 0 Å². The molecule has 3 heterocycles. The van der Waals surface area contributed by atoms with Crippen LogP contribution < -0.4 is 10.6 Å². The lowest BCUT2D eigenvalue weighted by Gasteiger charge is -2.33. The zero-order valence-corrected chi connectivity index (χ0v) is 13.1. The first-order valence-corrected chi connectivity index (χ1v) is 8.05. The van der Waals surface area contributed by atoms with Crippen molar-refractivity contribution in [1.82, 2.24) is 15.2 Å². The van der Waals surface area contributed by atoms with Gasteiger partial charge in [0.2, 0.25) is 0 Å². The lowest BCUT2D eigenvalue weighted by molar-refractivity contribution is 0.144. The van der Waals surface area contributed by atoms with E-state index in [1.807, 2.05) is 12.1 Å². The Kier molecular flexibility index (Phi) is 5.26. The van der Waals surface area contributed by atoms with E-state index in [1.165, 1.54) is 19.3 Å². The Labute approximate surface area is 135 Å². The predicted molar refractivity (Wildman–Crippen MR) is 88.1 cm³/mol. The van der Waals surface area contributed by atoms with Gasteiger partial charge in [-0.3, -0.25) is 9.88 Å². The van der Waals surface area contributed by atoms with Crippen LogP contribution in [0.4, 0.5) is 10.5 Å². The Morgan fingerprint density at radius 1 is 1.26 bits per heavy atom. The highest BCUT2D eigenvalue weighted by Crippen LogP contribution is 2.24. The van der Waals surface area contributed by atoms with Crippen molar-refractivity contribution < 1.29 is 9.21 Å². The van der Waals surface area contributed by atoms with Crippen LogP contribution in [0.2, 0.25) is 0 Å². The SMILES string of the molecule is O=C(NC[C@H](c1ccco1)N1CCCCC1)Nc1cccnc1. The van der Waals surface area contributed by atoms with Gasteiger partial charge in [0, 0.05) is 12.7 Å². The number of anilines is 1. The maximum absolute atomic E-state index is 12.1. The molecule has 1 fully saturated rings. The molecule has 2 amide bonds. The van der Waals surface area contributed by atoms with Crippen molar-refractivity contribution in [3.8, 4) is 0 Å². The summed E-state index contributed by atoms with van der Waals surface area (Å²) >= 11 is 0. The van der Waals surface area contributed by atoms with Gasteiger partial charge in [0.1, 0.15) is 5.76 Å². The van der Waals surface area contributed by atoms with Gasteiger partial charge in [-0.25, -0.2) is 4.79 Å². The molecule has 0 unspecified atom stereocenters. The zero-order valence-electron chi connectivity index (χ0n) is 13.1. The monoisotopic (exact) mass is 314 g/mol. The van der Waals surface area contributed by atoms with Gasteiger partial charge in [0.15, 0.2) is 0 Å². The quantitative estimate of drug-likeness (QED) is 0.890. The van der Waals surface area contributed by atoms with Gasteiger partial charge in [-0.15, -0.1) is 0 Å². The Bertz CT molecular complexity index is 594. The minimum atomic E-state index is -0.230. The number of piperidine rings is 1. The molecular formula is C17H22N4O2. The van der Waals surface area contributed by atoms with Crippen LogP contribution in [0.5, 0.6) is 0 Å². The molecule has 1 atom stereocenters. The van der Waals surface area contributed by atoms with Gasteiger partial charge < -0.3 is 15.1 Å².